The minimum Gasteiger partial charge on any atom is -0.399 e. The molecule has 0 bridgehead atoms. The van der Waals surface area contributed by atoms with Gasteiger partial charge in [0.1, 0.15) is 11.6 Å². The van der Waals surface area contributed by atoms with Gasteiger partial charge in [-0.15, -0.1) is 0 Å². The van der Waals surface area contributed by atoms with E-state index in [2.05, 4.69) is 21.2 Å². The first-order valence-electron chi connectivity index (χ1n) is 5.27. The van der Waals surface area contributed by atoms with Gasteiger partial charge in [-0.25, -0.2) is 8.78 Å². The van der Waals surface area contributed by atoms with Gasteiger partial charge in [0.25, 0.3) is 5.91 Å². The fourth-order valence-electron chi connectivity index (χ4n) is 1.57. The SMILES string of the molecule is Nc1cc(Br)cc(C(=O)Nc2cc(F)cc(F)c2)c1. The highest BCUT2D eigenvalue weighted by Crippen LogP contribution is 2.19. The van der Waals surface area contributed by atoms with E-state index in [-0.39, 0.29) is 11.3 Å². The van der Waals surface area contributed by atoms with Crippen LogP contribution in [0.4, 0.5) is 20.2 Å². The van der Waals surface area contributed by atoms with E-state index < -0.39 is 17.5 Å². The molecule has 0 saturated heterocycles. The van der Waals surface area contributed by atoms with E-state index in [4.69, 9.17) is 5.73 Å². The molecule has 0 heterocycles. The zero-order chi connectivity index (χ0) is 14.0. The van der Waals surface area contributed by atoms with Gasteiger partial charge in [0.2, 0.25) is 0 Å². The molecule has 2 aromatic carbocycles. The number of carbonyl (C=O) groups excluding carboxylic acids is 1. The number of halogens is 3. The molecule has 0 aliphatic rings. The fourth-order valence-corrected chi connectivity index (χ4v) is 2.08. The molecule has 6 heteroatoms. The molecule has 0 aliphatic carbocycles. The molecule has 3 nitrogen and oxygen atoms in total. The van der Waals surface area contributed by atoms with Crippen molar-refractivity contribution in [2.45, 2.75) is 0 Å². The zero-order valence-corrected chi connectivity index (χ0v) is 11.2. The van der Waals surface area contributed by atoms with Crippen LogP contribution in [0.5, 0.6) is 0 Å². The first-order chi connectivity index (χ1) is 8.94. The van der Waals surface area contributed by atoms with E-state index in [9.17, 15) is 13.6 Å². The Labute approximate surface area is 116 Å². The maximum atomic E-state index is 13.0. The molecule has 2 aromatic rings. The first-order valence-corrected chi connectivity index (χ1v) is 6.07. The van der Waals surface area contributed by atoms with Gasteiger partial charge in [0.05, 0.1) is 0 Å². The van der Waals surface area contributed by atoms with Gasteiger partial charge in [-0.05, 0) is 30.3 Å². The van der Waals surface area contributed by atoms with Crippen molar-refractivity contribution in [3.63, 3.8) is 0 Å². The summed E-state index contributed by atoms with van der Waals surface area (Å²) < 4.78 is 26.6. The number of rotatable bonds is 2. The number of benzene rings is 2. The second kappa shape index (κ2) is 5.36. The summed E-state index contributed by atoms with van der Waals surface area (Å²) in [5.74, 6) is -2.02. The number of hydrogen-bond donors (Lipinski definition) is 2. The zero-order valence-electron chi connectivity index (χ0n) is 9.58. The van der Waals surface area contributed by atoms with E-state index in [1.807, 2.05) is 0 Å². The maximum Gasteiger partial charge on any atom is 0.255 e. The van der Waals surface area contributed by atoms with E-state index in [1.165, 1.54) is 6.07 Å². The number of nitrogens with one attached hydrogen (secondary N) is 1. The lowest BCUT2D eigenvalue weighted by Gasteiger charge is -2.07. The molecular weight excluding hydrogens is 318 g/mol. The minimum absolute atomic E-state index is 0.0426. The molecule has 0 fully saturated rings. The molecule has 19 heavy (non-hydrogen) atoms. The Bertz CT molecular complexity index is 606. The standard InChI is InChI=1S/C13H9BrF2N2O/c14-8-1-7(2-11(17)3-8)13(19)18-12-5-9(15)4-10(16)6-12/h1-6H,17H2,(H,18,19). The number of hydrogen-bond acceptors (Lipinski definition) is 2. The fraction of sp³-hybridized carbons (Fsp3) is 0. The van der Waals surface area contributed by atoms with Crippen LogP contribution in [0.1, 0.15) is 10.4 Å². The largest absolute Gasteiger partial charge is 0.399 e. The van der Waals surface area contributed by atoms with Crippen LogP contribution in [-0.4, -0.2) is 5.91 Å². The van der Waals surface area contributed by atoms with Crippen LogP contribution in [0, 0.1) is 11.6 Å². The number of carbonyl (C=O) groups is 1. The summed E-state index contributed by atoms with van der Waals surface area (Å²) >= 11 is 3.21. The van der Waals surface area contributed by atoms with Crippen LogP contribution in [0.2, 0.25) is 0 Å². The quantitative estimate of drug-likeness (QED) is 0.829. The van der Waals surface area contributed by atoms with Crippen LogP contribution in [0.25, 0.3) is 0 Å². The highest BCUT2D eigenvalue weighted by molar-refractivity contribution is 9.10. The monoisotopic (exact) mass is 326 g/mol. The van der Waals surface area contributed by atoms with Crippen LogP contribution < -0.4 is 11.1 Å². The predicted octanol–water partition coefficient (Wildman–Crippen LogP) is 3.56. The smallest absolute Gasteiger partial charge is 0.255 e. The summed E-state index contributed by atoms with van der Waals surface area (Å²) in [4.78, 5) is 11.9. The van der Waals surface area contributed by atoms with E-state index in [0.717, 1.165) is 18.2 Å². The van der Waals surface area contributed by atoms with Gasteiger partial charge >= 0.3 is 0 Å². The Kier molecular flexibility index (Phi) is 3.80. The highest BCUT2D eigenvalue weighted by atomic mass is 79.9. The van der Waals surface area contributed by atoms with Gasteiger partial charge in [-0.3, -0.25) is 4.79 Å². The van der Waals surface area contributed by atoms with E-state index >= 15 is 0 Å². The van der Waals surface area contributed by atoms with Gasteiger partial charge < -0.3 is 11.1 Å². The first kappa shape index (κ1) is 13.5. The molecule has 0 radical (unpaired) electrons. The summed E-state index contributed by atoms with van der Waals surface area (Å²) in [6.45, 7) is 0. The van der Waals surface area contributed by atoms with Gasteiger partial charge in [-0.1, -0.05) is 15.9 Å². The Balaban J connectivity index is 2.25. The minimum atomic E-state index is -0.760. The van der Waals surface area contributed by atoms with Crippen LogP contribution in [-0.2, 0) is 0 Å². The average molecular weight is 327 g/mol. The van der Waals surface area contributed by atoms with Crippen molar-refractivity contribution in [3.05, 3.63) is 58.1 Å². The second-order valence-electron chi connectivity index (χ2n) is 3.89. The third-order valence-corrected chi connectivity index (χ3v) is 2.76. The van der Waals surface area contributed by atoms with Crippen LogP contribution in [0.3, 0.4) is 0 Å². The van der Waals surface area contributed by atoms with Crippen molar-refractivity contribution in [1.29, 1.82) is 0 Å². The molecular formula is C13H9BrF2N2O. The molecule has 3 N–H and O–H groups in total. The van der Waals surface area contributed by atoms with Crippen LogP contribution >= 0.6 is 15.9 Å². The summed E-state index contributed by atoms with van der Waals surface area (Å²) in [5.41, 5.74) is 6.35. The molecule has 2 rings (SSSR count). The average Bonchev–Trinajstić information content (AvgIpc) is 2.25. The van der Waals surface area contributed by atoms with Gasteiger partial charge in [-0.2, -0.15) is 0 Å². The van der Waals surface area contributed by atoms with Crippen molar-refractivity contribution in [3.8, 4) is 0 Å². The lowest BCUT2D eigenvalue weighted by Crippen LogP contribution is -2.12. The Hall–Kier alpha value is -1.95. The number of anilines is 2. The Morgan fingerprint density at radius 3 is 2.26 bits per heavy atom. The topological polar surface area (TPSA) is 55.1 Å². The molecule has 0 unspecified atom stereocenters. The highest BCUT2D eigenvalue weighted by Gasteiger charge is 2.09. The number of amides is 1. The summed E-state index contributed by atoms with van der Waals surface area (Å²) in [5, 5.41) is 2.40. The Morgan fingerprint density at radius 2 is 1.68 bits per heavy atom. The summed E-state index contributed by atoms with van der Waals surface area (Å²) in [6, 6.07) is 7.45. The molecule has 0 atom stereocenters. The lowest BCUT2D eigenvalue weighted by atomic mass is 10.2. The van der Waals surface area contributed by atoms with Crippen LogP contribution in [0.15, 0.2) is 40.9 Å². The van der Waals surface area contributed by atoms with Gasteiger partial charge in [0.15, 0.2) is 0 Å². The molecule has 0 saturated carbocycles. The van der Waals surface area contributed by atoms with Crippen molar-refractivity contribution in [2.24, 2.45) is 0 Å². The predicted molar refractivity (Wildman–Crippen MR) is 72.9 cm³/mol. The van der Waals surface area contributed by atoms with Crippen molar-refractivity contribution >= 4 is 33.2 Å². The van der Waals surface area contributed by atoms with Crippen molar-refractivity contribution < 1.29 is 13.6 Å². The third kappa shape index (κ3) is 3.51. The summed E-state index contributed by atoms with van der Waals surface area (Å²) in [7, 11) is 0. The van der Waals surface area contributed by atoms with E-state index in [1.54, 1.807) is 12.1 Å². The van der Waals surface area contributed by atoms with E-state index in [0.29, 0.717) is 10.2 Å². The number of nitrogen functional groups attached to an aromatic ring is 1. The molecule has 1 amide bonds. The van der Waals surface area contributed by atoms with Gasteiger partial charge in [0, 0.05) is 27.5 Å². The van der Waals surface area contributed by atoms with Crippen molar-refractivity contribution in [1.82, 2.24) is 0 Å². The maximum absolute atomic E-state index is 13.0. The lowest BCUT2D eigenvalue weighted by molar-refractivity contribution is 0.102. The number of nitrogens with two attached hydrogens (primary N) is 1. The Morgan fingerprint density at radius 1 is 1.05 bits per heavy atom. The molecule has 0 aliphatic heterocycles. The summed E-state index contributed by atoms with van der Waals surface area (Å²) in [6.07, 6.45) is 0. The second-order valence-corrected chi connectivity index (χ2v) is 4.80. The molecule has 0 spiro atoms. The van der Waals surface area contributed by atoms with Crippen molar-refractivity contribution in [2.75, 3.05) is 11.1 Å². The molecule has 98 valence electrons. The molecule has 0 aromatic heterocycles. The third-order valence-electron chi connectivity index (χ3n) is 2.30. The normalized spacial score (nSPS) is 10.3.